The fourth-order valence-corrected chi connectivity index (χ4v) is 0.797. The second-order valence-corrected chi connectivity index (χ2v) is 3.29. The molecule has 0 N–H and O–H groups in total. The molecule has 0 aliphatic heterocycles. The summed E-state index contributed by atoms with van der Waals surface area (Å²) < 4.78 is 9.54. The summed E-state index contributed by atoms with van der Waals surface area (Å²) >= 11 is 0. The first-order chi connectivity index (χ1) is 7.90. The monoisotopic (exact) mass is 234 g/mol. The molecule has 2 atom stereocenters. The minimum absolute atomic E-state index is 0.0266. The van der Waals surface area contributed by atoms with Gasteiger partial charge in [-0.1, -0.05) is 18.4 Å². The topological polar surface area (TPSA) is 52.6 Å². The first-order valence-corrected chi connectivity index (χ1v) is 4.91. The van der Waals surface area contributed by atoms with Gasteiger partial charge in [-0.05, 0) is 13.8 Å². The molecule has 0 aromatic heterocycles. The average molecular weight is 234 g/mol. The van der Waals surface area contributed by atoms with Gasteiger partial charge in [-0.3, -0.25) is 4.79 Å². The van der Waals surface area contributed by atoms with Gasteiger partial charge in [-0.2, -0.15) is 0 Å². The summed E-state index contributed by atoms with van der Waals surface area (Å²) in [6.45, 7) is 6.49. The van der Waals surface area contributed by atoms with Gasteiger partial charge >= 0.3 is 11.9 Å². The molecule has 0 spiro atoms. The SMILES string of the molecule is C#CC(C)OC(=O)CC(=C)C(=O)OC(C)C#C. The molecule has 0 amide bonds. The molecule has 0 heterocycles. The van der Waals surface area contributed by atoms with E-state index < -0.39 is 24.1 Å². The summed E-state index contributed by atoms with van der Waals surface area (Å²) in [6.07, 6.45) is 8.48. The van der Waals surface area contributed by atoms with E-state index in [2.05, 4.69) is 18.4 Å². The number of ether oxygens (including phenoxy) is 2. The van der Waals surface area contributed by atoms with Crippen molar-refractivity contribution in [3.63, 3.8) is 0 Å². The largest absolute Gasteiger partial charge is 0.449 e. The maximum atomic E-state index is 11.3. The van der Waals surface area contributed by atoms with Gasteiger partial charge in [-0.15, -0.1) is 12.8 Å². The van der Waals surface area contributed by atoms with Crippen molar-refractivity contribution < 1.29 is 19.1 Å². The highest BCUT2D eigenvalue weighted by Crippen LogP contribution is 2.06. The average Bonchev–Trinajstić information content (AvgIpc) is 2.28. The molecule has 0 fully saturated rings. The molecule has 17 heavy (non-hydrogen) atoms. The zero-order valence-corrected chi connectivity index (χ0v) is 9.86. The van der Waals surface area contributed by atoms with Crippen molar-refractivity contribution >= 4 is 11.9 Å². The van der Waals surface area contributed by atoms with Crippen LogP contribution in [0, 0.1) is 24.7 Å². The number of hydrogen-bond acceptors (Lipinski definition) is 4. The first-order valence-electron chi connectivity index (χ1n) is 4.91. The Bertz CT molecular complexity index is 395. The molecule has 0 aliphatic carbocycles. The predicted octanol–water partition coefficient (Wildman–Crippen LogP) is 1.06. The third-order valence-corrected chi connectivity index (χ3v) is 1.71. The van der Waals surface area contributed by atoms with Crippen LogP contribution in [0.3, 0.4) is 0 Å². The highest BCUT2D eigenvalue weighted by Gasteiger charge is 2.16. The van der Waals surface area contributed by atoms with Gasteiger partial charge in [0.1, 0.15) is 0 Å². The third kappa shape index (κ3) is 6.06. The lowest BCUT2D eigenvalue weighted by Gasteiger charge is -2.10. The molecule has 0 rings (SSSR count). The van der Waals surface area contributed by atoms with E-state index in [1.807, 2.05) is 0 Å². The van der Waals surface area contributed by atoms with E-state index in [0.29, 0.717) is 0 Å². The zero-order valence-electron chi connectivity index (χ0n) is 9.86. The van der Waals surface area contributed by atoms with Crippen LogP contribution >= 0.6 is 0 Å². The van der Waals surface area contributed by atoms with Crippen molar-refractivity contribution in [2.45, 2.75) is 32.5 Å². The molecule has 2 unspecified atom stereocenters. The Hall–Kier alpha value is -2.20. The standard InChI is InChI=1S/C13H14O4/c1-6-10(4)16-12(14)8-9(3)13(15)17-11(5)7-2/h1-2,10-11H,3,8H2,4-5H3. The number of terminal acetylenes is 2. The summed E-state index contributed by atoms with van der Waals surface area (Å²) in [6, 6.07) is 0. The number of hydrogen-bond donors (Lipinski definition) is 0. The zero-order chi connectivity index (χ0) is 13.4. The van der Waals surface area contributed by atoms with Crippen LogP contribution < -0.4 is 0 Å². The van der Waals surface area contributed by atoms with Crippen molar-refractivity contribution in [1.29, 1.82) is 0 Å². The van der Waals surface area contributed by atoms with Crippen LogP contribution in [0.15, 0.2) is 12.2 Å². The normalized spacial score (nSPS) is 12.5. The van der Waals surface area contributed by atoms with E-state index in [1.54, 1.807) is 6.92 Å². The lowest BCUT2D eigenvalue weighted by molar-refractivity contribution is -0.148. The quantitative estimate of drug-likeness (QED) is 0.405. The molecule has 4 nitrogen and oxygen atoms in total. The predicted molar refractivity (Wildman–Crippen MR) is 62.5 cm³/mol. The second kappa shape index (κ2) is 7.14. The summed E-state index contributed by atoms with van der Waals surface area (Å²) in [5.41, 5.74) is -0.0266. The molecule has 0 saturated carbocycles. The minimum atomic E-state index is -0.722. The van der Waals surface area contributed by atoms with Crippen LogP contribution in [-0.4, -0.2) is 24.1 Å². The highest BCUT2D eigenvalue weighted by molar-refractivity contribution is 5.93. The van der Waals surface area contributed by atoms with Gasteiger partial charge in [0.05, 0.1) is 6.42 Å². The number of esters is 2. The molecule has 90 valence electrons. The maximum absolute atomic E-state index is 11.3. The van der Waals surface area contributed by atoms with E-state index in [0.717, 1.165) is 0 Å². The van der Waals surface area contributed by atoms with Crippen molar-refractivity contribution in [1.82, 2.24) is 0 Å². The van der Waals surface area contributed by atoms with Gasteiger partial charge < -0.3 is 9.47 Å². The molecule has 0 radical (unpaired) electrons. The third-order valence-electron chi connectivity index (χ3n) is 1.71. The smallest absolute Gasteiger partial charge is 0.335 e. The Labute approximate surface area is 101 Å². The Morgan fingerprint density at radius 2 is 1.65 bits per heavy atom. The van der Waals surface area contributed by atoms with Crippen LogP contribution in [0.4, 0.5) is 0 Å². The van der Waals surface area contributed by atoms with Gasteiger partial charge in [0.15, 0.2) is 12.2 Å². The Morgan fingerprint density at radius 1 is 1.18 bits per heavy atom. The second-order valence-electron chi connectivity index (χ2n) is 3.29. The van der Waals surface area contributed by atoms with Crippen LogP contribution in [0.1, 0.15) is 20.3 Å². The van der Waals surface area contributed by atoms with Crippen molar-refractivity contribution in [2.75, 3.05) is 0 Å². The summed E-state index contributed by atoms with van der Waals surface area (Å²) in [5.74, 6) is 3.09. The number of carbonyl (C=O) groups excluding carboxylic acids is 2. The van der Waals surface area contributed by atoms with E-state index in [4.69, 9.17) is 22.3 Å². The Morgan fingerprint density at radius 3 is 2.12 bits per heavy atom. The molecule has 0 aromatic rings. The van der Waals surface area contributed by atoms with Gasteiger partial charge in [0.25, 0.3) is 0 Å². The fourth-order valence-electron chi connectivity index (χ4n) is 0.797. The van der Waals surface area contributed by atoms with Gasteiger partial charge in [0.2, 0.25) is 0 Å². The lowest BCUT2D eigenvalue weighted by Crippen LogP contribution is -2.19. The van der Waals surface area contributed by atoms with Crippen molar-refractivity contribution in [2.24, 2.45) is 0 Å². The van der Waals surface area contributed by atoms with Gasteiger partial charge in [0, 0.05) is 5.57 Å². The molecule has 0 aromatic carbocycles. The molecule has 0 saturated heterocycles. The molecular weight excluding hydrogens is 220 g/mol. The number of rotatable bonds is 5. The lowest BCUT2D eigenvalue weighted by atomic mass is 10.2. The Balaban J connectivity index is 4.19. The molecular formula is C13H14O4. The summed E-state index contributed by atoms with van der Waals surface area (Å²) in [5, 5.41) is 0. The molecule has 0 bridgehead atoms. The first kappa shape index (κ1) is 14.8. The number of carbonyl (C=O) groups is 2. The summed E-state index contributed by atoms with van der Waals surface area (Å²) in [4.78, 5) is 22.6. The van der Waals surface area contributed by atoms with Crippen LogP contribution in [0.5, 0.6) is 0 Å². The van der Waals surface area contributed by atoms with Crippen LogP contribution in [-0.2, 0) is 19.1 Å². The van der Waals surface area contributed by atoms with E-state index in [1.165, 1.54) is 6.92 Å². The fraction of sp³-hybridized carbons (Fsp3) is 0.385. The Kier molecular flexibility index (Phi) is 6.21. The maximum Gasteiger partial charge on any atom is 0.335 e. The molecule has 4 heteroatoms. The van der Waals surface area contributed by atoms with E-state index >= 15 is 0 Å². The highest BCUT2D eigenvalue weighted by atomic mass is 16.5. The van der Waals surface area contributed by atoms with Crippen molar-refractivity contribution in [3.05, 3.63) is 12.2 Å². The summed E-state index contributed by atoms with van der Waals surface area (Å²) in [7, 11) is 0. The van der Waals surface area contributed by atoms with Crippen LogP contribution in [0.25, 0.3) is 0 Å². The molecule has 0 aliphatic rings. The van der Waals surface area contributed by atoms with E-state index in [9.17, 15) is 9.59 Å². The van der Waals surface area contributed by atoms with Gasteiger partial charge in [-0.25, -0.2) is 4.79 Å². The minimum Gasteiger partial charge on any atom is -0.449 e. The van der Waals surface area contributed by atoms with Crippen molar-refractivity contribution in [3.8, 4) is 24.7 Å². The van der Waals surface area contributed by atoms with Crippen LogP contribution in [0.2, 0.25) is 0 Å². The van der Waals surface area contributed by atoms with E-state index in [-0.39, 0.29) is 12.0 Å².